The number of carboxylic acid groups (broad SMARTS) is 1. The maximum atomic E-state index is 12.1. The Hall–Kier alpha value is -3.00. The standard InChI is InChI=1S/C21H22N2O3/c1-4-17-18(12-14(2)3)19(22-23-20(17)21(25)26)11-10-16(24)13-15-8-6-5-7-9-15/h5-9,14H,4,12-13H2,1-3H3,(H,25,26). The van der Waals surface area contributed by atoms with E-state index in [9.17, 15) is 14.7 Å². The zero-order valence-corrected chi connectivity index (χ0v) is 15.2. The van der Waals surface area contributed by atoms with Crippen LogP contribution in [-0.2, 0) is 24.1 Å². The van der Waals surface area contributed by atoms with E-state index in [-0.39, 0.29) is 17.9 Å². The van der Waals surface area contributed by atoms with Gasteiger partial charge in [-0.15, -0.1) is 10.2 Å². The summed E-state index contributed by atoms with van der Waals surface area (Å²) in [4.78, 5) is 23.5. The second-order valence-corrected chi connectivity index (χ2v) is 6.45. The first-order valence-electron chi connectivity index (χ1n) is 8.62. The Morgan fingerprint density at radius 1 is 1.12 bits per heavy atom. The quantitative estimate of drug-likeness (QED) is 0.810. The van der Waals surface area contributed by atoms with Gasteiger partial charge in [0, 0.05) is 6.42 Å². The lowest BCUT2D eigenvalue weighted by molar-refractivity contribution is -0.113. The van der Waals surface area contributed by atoms with Crippen LogP contribution in [0.15, 0.2) is 30.3 Å². The zero-order chi connectivity index (χ0) is 19.1. The van der Waals surface area contributed by atoms with Gasteiger partial charge >= 0.3 is 5.97 Å². The van der Waals surface area contributed by atoms with E-state index in [1.165, 1.54) is 0 Å². The van der Waals surface area contributed by atoms with E-state index in [1.54, 1.807) is 0 Å². The summed E-state index contributed by atoms with van der Waals surface area (Å²) in [5, 5.41) is 17.1. The summed E-state index contributed by atoms with van der Waals surface area (Å²) in [6.45, 7) is 5.96. The molecule has 1 heterocycles. The minimum atomic E-state index is -1.10. The summed E-state index contributed by atoms with van der Waals surface area (Å²) in [7, 11) is 0. The van der Waals surface area contributed by atoms with Gasteiger partial charge < -0.3 is 5.11 Å². The third-order valence-electron chi connectivity index (χ3n) is 3.88. The number of carbonyl (C=O) groups excluding carboxylic acids is 1. The summed E-state index contributed by atoms with van der Waals surface area (Å²) in [6.07, 6.45) is 1.39. The number of aromatic carboxylic acids is 1. The highest BCUT2D eigenvalue weighted by Gasteiger charge is 2.19. The second kappa shape index (κ2) is 8.91. The number of hydrogen-bond donors (Lipinski definition) is 1. The predicted octanol–water partition coefficient (Wildman–Crippen LogP) is 3.10. The fourth-order valence-corrected chi connectivity index (χ4v) is 2.74. The van der Waals surface area contributed by atoms with Crippen molar-refractivity contribution in [3.63, 3.8) is 0 Å². The van der Waals surface area contributed by atoms with E-state index in [2.05, 4.69) is 22.0 Å². The molecule has 0 radical (unpaired) electrons. The number of carbonyl (C=O) groups is 2. The summed E-state index contributed by atoms with van der Waals surface area (Å²) in [5.41, 5.74) is 2.66. The Morgan fingerprint density at radius 2 is 1.81 bits per heavy atom. The number of ketones is 1. The molecule has 2 aromatic rings. The van der Waals surface area contributed by atoms with E-state index >= 15 is 0 Å². The van der Waals surface area contributed by atoms with Crippen LogP contribution in [0.3, 0.4) is 0 Å². The summed E-state index contributed by atoms with van der Waals surface area (Å²) in [5.74, 6) is 4.42. The van der Waals surface area contributed by atoms with Gasteiger partial charge in [0.25, 0.3) is 0 Å². The minimum Gasteiger partial charge on any atom is -0.476 e. The Morgan fingerprint density at radius 3 is 2.38 bits per heavy atom. The van der Waals surface area contributed by atoms with Crippen LogP contribution in [0.2, 0.25) is 0 Å². The van der Waals surface area contributed by atoms with E-state index in [0.717, 1.165) is 11.1 Å². The van der Waals surface area contributed by atoms with E-state index in [0.29, 0.717) is 30.0 Å². The summed E-state index contributed by atoms with van der Waals surface area (Å²) < 4.78 is 0. The molecule has 5 nitrogen and oxygen atoms in total. The molecule has 0 spiro atoms. The normalized spacial score (nSPS) is 10.3. The smallest absolute Gasteiger partial charge is 0.356 e. The van der Waals surface area contributed by atoms with Crippen molar-refractivity contribution in [2.24, 2.45) is 5.92 Å². The molecule has 0 saturated carbocycles. The first kappa shape index (κ1) is 19.3. The number of Topliss-reactive ketones (excluding diaryl/α,β-unsaturated/α-hetero) is 1. The first-order valence-corrected chi connectivity index (χ1v) is 8.62. The van der Waals surface area contributed by atoms with Crippen LogP contribution >= 0.6 is 0 Å². The molecule has 26 heavy (non-hydrogen) atoms. The van der Waals surface area contributed by atoms with Gasteiger partial charge in [-0.2, -0.15) is 0 Å². The fourth-order valence-electron chi connectivity index (χ4n) is 2.74. The molecular formula is C21H22N2O3. The Labute approximate surface area is 153 Å². The summed E-state index contributed by atoms with van der Waals surface area (Å²) >= 11 is 0. The molecule has 1 aromatic heterocycles. The fraction of sp³-hybridized carbons (Fsp3) is 0.333. The lowest BCUT2D eigenvalue weighted by Crippen LogP contribution is -2.14. The van der Waals surface area contributed by atoms with Gasteiger partial charge in [-0.1, -0.05) is 51.1 Å². The van der Waals surface area contributed by atoms with Crippen LogP contribution < -0.4 is 0 Å². The average Bonchev–Trinajstić information content (AvgIpc) is 2.60. The van der Waals surface area contributed by atoms with Crippen molar-refractivity contribution in [2.45, 2.75) is 40.0 Å². The van der Waals surface area contributed by atoms with Gasteiger partial charge in [0.2, 0.25) is 5.78 Å². The third-order valence-corrected chi connectivity index (χ3v) is 3.88. The van der Waals surface area contributed by atoms with E-state index in [1.807, 2.05) is 51.1 Å². The van der Waals surface area contributed by atoms with Crippen LogP contribution in [0, 0.1) is 17.8 Å². The number of hydrogen-bond acceptors (Lipinski definition) is 4. The van der Waals surface area contributed by atoms with Crippen molar-refractivity contribution in [1.29, 1.82) is 0 Å². The van der Waals surface area contributed by atoms with Gasteiger partial charge in [0.05, 0.1) is 0 Å². The molecule has 2 rings (SSSR count). The van der Waals surface area contributed by atoms with Crippen molar-refractivity contribution < 1.29 is 14.7 Å². The van der Waals surface area contributed by atoms with Crippen LogP contribution in [-0.4, -0.2) is 27.1 Å². The Kier molecular flexibility index (Phi) is 6.62. The maximum Gasteiger partial charge on any atom is 0.356 e. The lowest BCUT2D eigenvalue weighted by atomic mass is 9.94. The van der Waals surface area contributed by atoms with Gasteiger partial charge in [-0.05, 0) is 47.3 Å². The maximum absolute atomic E-state index is 12.1. The monoisotopic (exact) mass is 350 g/mol. The molecule has 0 bridgehead atoms. The molecule has 1 N–H and O–H groups in total. The van der Waals surface area contributed by atoms with Gasteiger partial charge in [0.1, 0.15) is 5.69 Å². The first-order chi connectivity index (χ1) is 12.4. The number of aromatic nitrogens is 2. The van der Waals surface area contributed by atoms with Gasteiger partial charge in [-0.25, -0.2) is 4.79 Å². The number of nitrogens with zero attached hydrogens (tertiary/aromatic N) is 2. The number of benzene rings is 1. The zero-order valence-electron chi connectivity index (χ0n) is 15.2. The van der Waals surface area contributed by atoms with Crippen LogP contribution in [0.1, 0.15) is 53.6 Å². The SMILES string of the molecule is CCc1c(C(=O)O)nnc(C#CC(=O)Cc2ccccc2)c1CC(C)C. The molecule has 0 amide bonds. The van der Waals surface area contributed by atoms with Gasteiger partial charge in [-0.3, -0.25) is 4.79 Å². The molecule has 134 valence electrons. The Balaban J connectivity index is 2.37. The number of carboxylic acids is 1. The highest BCUT2D eigenvalue weighted by atomic mass is 16.4. The summed E-state index contributed by atoms with van der Waals surface area (Å²) in [6, 6.07) is 9.39. The molecule has 0 fully saturated rings. The van der Waals surface area contributed by atoms with Crippen molar-refractivity contribution >= 4 is 11.8 Å². The van der Waals surface area contributed by atoms with Crippen LogP contribution in [0.25, 0.3) is 0 Å². The molecule has 0 aliphatic rings. The average molecular weight is 350 g/mol. The topological polar surface area (TPSA) is 80.2 Å². The molecule has 0 saturated heterocycles. The highest BCUT2D eigenvalue weighted by molar-refractivity contribution is 5.97. The molecular weight excluding hydrogens is 328 g/mol. The molecule has 0 aliphatic carbocycles. The minimum absolute atomic E-state index is 0.0377. The lowest BCUT2D eigenvalue weighted by Gasteiger charge is -2.13. The van der Waals surface area contributed by atoms with Crippen molar-refractivity contribution in [3.05, 3.63) is 58.4 Å². The largest absolute Gasteiger partial charge is 0.476 e. The Bertz CT molecular complexity index is 862. The van der Waals surface area contributed by atoms with Crippen molar-refractivity contribution in [2.75, 3.05) is 0 Å². The number of rotatable bonds is 6. The van der Waals surface area contributed by atoms with Crippen LogP contribution in [0.4, 0.5) is 0 Å². The van der Waals surface area contributed by atoms with E-state index < -0.39 is 5.97 Å². The molecule has 0 atom stereocenters. The van der Waals surface area contributed by atoms with Crippen LogP contribution in [0.5, 0.6) is 0 Å². The molecule has 0 unspecified atom stereocenters. The second-order valence-electron chi connectivity index (χ2n) is 6.45. The third kappa shape index (κ3) is 5.00. The van der Waals surface area contributed by atoms with Crippen molar-refractivity contribution in [1.82, 2.24) is 10.2 Å². The molecule has 0 aliphatic heterocycles. The highest BCUT2D eigenvalue weighted by Crippen LogP contribution is 2.20. The predicted molar refractivity (Wildman–Crippen MR) is 98.9 cm³/mol. The molecule has 1 aromatic carbocycles. The molecule has 5 heteroatoms. The van der Waals surface area contributed by atoms with Gasteiger partial charge in [0.15, 0.2) is 5.69 Å². The van der Waals surface area contributed by atoms with E-state index in [4.69, 9.17) is 0 Å². The van der Waals surface area contributed by atoms with Crippen molar-refractivity contribution in [3.8, 4) is 11.8 Å².